The van der Waals surface area contributed by atoms with Crippen LogP contribution in [0.4, 0.5) is 5.69 Å². The number of benzene rings is 2. The molecule has 0 aliphatic rings. The second kappa shape index (κ2) is 9.21. The van der Waals surface area contributed by atoms with E-state index in [0.717, 1.165) is 0 Å². The molecule has 0 unspecified atom stereocenters. The molecule has 0 atom stereocenters. The van der Waals surface area contributed by atoms with Gasteiger partial charge in [-0.05, 0) is 48.5 Å². The van der Waals surface area contributed by atoms with Gasteiger partial charge in [-0.2, -0.15) is 9.29 Å². The van der Waals surface area contributed by atoms with Gasteiger partial charge in [-0.1, -0.05) is 22.8 Å². The molecule has 0 spiro atoms. The van der Waals surface area contributed by atoms with E-state index in [2.05, 4.69) is 22.0 Å². The molecule has 3 aromatic rings. The van der Waals surface area contributed by atoms with Crippen molar-refractivity contribution in [2.45, 2.75) is 18.4 Å². The van der Waals surface area contributed by atoms with Gasteiger partial charge in [0.25, 0.3) is 0 Å². The third-order valence-electron chi connectivity index (χ3n) is 4.03. The maximum absolute atomic E-state index is 13.1. The normalized spacial score (nSPS) is 11.4. The van der Waals surface area contributed by atoms with E-state index in [1.165, 1.54) is 41.6 Å². The number of rotatable bonds is 8. The highest BCUT2D eigenvalue weighted by Crippen LogP contribution is 2.22. The van der Waals surface area contributed by atoms with E-state index < -0.39 is 10.0 Å². The fraction of sp³-hybridized carbons (Fsp3) is 0.150. The van der Waals surface area contributed by atoms with Crippen LogP contribution in [0, 0.1) is 0 Å². The molecule has 0 radical (unpaired) electrons. The topological polar surface area (TPSA) is 105 Å². The molecule has 10 heteroatoms. The Morgan fingerprint density at radius 3 is 2.47 bits per heavy atom. The first kappa shape index (κ1) is 21.7. The van der Waals surface area contributed by atoms with Crippen LogP contribution in [0.1, 0.15) is 12.8 Å². The van der Waals surface area contributed by atoms with Crippen LogP contribution >= 0.6 is 11.6 Å². The fourth-order valence-electron chi connectivity index (χ4n) is 2.64. The molecule has 3 rings (SSSR count). The molecule has 8 nitrogen and oxygen atoms in total. The largest absolute Gasteiger partial charge is 0.338 e. The van der Waals surface area contributed by atoms with Crippen molar-refractivity contribution in [2.75, 3.05) is 11.9 Å². The van der Waals surface area contributed by atoms with Crippen LogP contribution in [0.3, 0.4) is 0 Å². The zero-order valence-electron chi connectivity index (χ0n) is 16.1. The molecule has 156 valence electrons. The van der Waals surface area contributed by atoms with Crippen LogP contribution in [-0.2, 0) is 21.4 Å². The van der Waals surface area contributed by atoms with Crippen molar-refractivity contribution in [1.29, 1.82) is 0 Å². The van der Waals surface area contributed by atoms with Crippen LogP contribution in [0.2, 0.25) is 5.02 Å². The minimum Gasteiger partial charge on any atom is -0.338 e. The van der Waals surface area contributed by atoms with Gasteiger partial charge in [0, 0.05) is 29.7 Å². The molecule has 0 aliphatic carbocycles. The van der Waals surface area contributed by atoms with E-state index in [1.807, 2.05) is 0 Å². The molecule has 0 saturated heterocycles. The molecule has 1 amide bonds. The number of amides is 1. The van der Waals surface area contributed by atoms with E-state index in [0.29, 0.717) is 22.1 Å². The summed E-state index contributed by atoms with van der Waals surface area (Å²) >= 11 is 5.88. The molecule has 0 fully saturated rings. The van der Waals surface area contributed by atoms with Gasteiger partial charge in [0.05, 0.1) is 11.4 Å². The Balaban J connectivity index is 1.82. The predicted molar refractivity (Wildman–Crippen MR) is 113 cm³/mol. The van der Waals surface area contributed by atoms with Gasteiger partial charge < -0.3 is 9.84 Å². The first-order chi connectivity index (χ1) is 14.3. The van der Waals surface area contributed by atoms with Crippen LogP contribution < -0.4 is 5.32 Å². The van der Waals surface area contributed by atoms with Crippen molar-refractivity contribution in [2.24, 2.45) is 0 Å². The maximum atomic E-state index is 13.1. The summed E-state index contributed by atoms with van der Waals surface area (Å²) in [7, 11) is -3.86. The number of nitrogens with one attached hydrogen (secondary N) is 1. The molecule has 2 aromatic carbocycles. The third-order valence-corrected chi connectivity index (χ3v) is 6.11. The highest BCUT2D eigenvalue weighted by Gasteiger charge is 2.26. The lowest BCUT2D eigenvalue weighted by Crippen LogP contribution is -2.31. The fourth-order valence-corrected chi connectivity index (χ4v) is 4.13. The number of anilines is 1. The van der Waals surface area contributed by atoms with Crippen molar-refractivity contribution in [3.63, 3.8) is 0 Å². The van der Waals surface area contributed by atoms with Gasteiger partial charge in [0.15, 0.2) is 0 Å². The van der Waals surface area contributed by atoms with Crippen molar-refractivity contribution in [3.05, 3.63) is 72.1 Å². The van der Waals surface area contributed by atoms with Crippen LogP contribution in [0.5, 0.6) is 0 Å². The summed E-state index contributed by atoms with van der Waals surface area (Å²) in [5.74, 6) is 0.226. The van der Waals surface area contributed by atoms with E-state index >= 15 is 0 Å². The Labute approximate surface area is 179 Å². The maximum Gasteiger partial charge on any atom is 0.243 e. The number of carbonyl (C=O) groups is 1. The Morgan fingerprint density at radius 2 is 1.87 bits per heavy atom. The number of carbonyl (C=O) groups excluding carboxylic acids is 1. The van der Waals surface area contributed by atoms with E-state index in [1.54, 1.807) is 24.3 Å². The zero-order valence-corrected chi connectivity index (χ0v) is 17.7. The summed E-state index contributed by atoms with van der Waals surface area (Å²) in [5.41, 5.74) is 1.20. The average Bonchev–Trinajstić information content (AvgIpc) is 3.17. The molecule has 1 aromatic heterocycles. The lowest BCUT2D eigenvalue weighted by Gasteiger charge is -2.19. The molecular weight excluding hydrogens is 428 g/mol. The lowest BCUT2D eigenvalue weighted by atomic mass is 10.2. The summed E-state index contributed by atoms with van der Waals surface area (Å²) in [5, 5.41) is 7.08. The van der Waals surface area contributed by atoms with E-state index in [9.17, 15) is 13.2 Å². The molecule has 0 bridgehead atoms. The smallest absolute Gasteiger partial charge is 0.243 e. The second-order valence-electron chi connectivity index (χ2n) is 6.31. The number of nitrogens with zero attached hydrogens (tertiary/aromatic N) is 3. The first-order valence-electron chi connectivity index (χ1n) is 8.87. The summed E-state index contributed by atoms with van der Waals surface area (Å²) in [4.78, 5) is 15.5. The van der Waals surface area contributed by atoms with E-state index in [-0.39, 0.29) is 29.8 Å². The average molecular weight is 447 g/mol. The highest BCUT2D eigenvalue weighted by molar-refractivity contribution is 7.89. The number of hydrogen-bond acceptors (Lipinski definition) is 6. The number of hydrogen-bond donors (Lipinski definition) is 1. The quantitative estimate of drug-likeness (QED) is 0.528. The van der Waals surface area contributed by atoms with Crippen molar-refractivity contribution >= 4 is 33.2 Å². The first-order valence-corrected chi connectivity index (χ1v) is 10.7. The Kier molecular flexibility index (Phi) is 6.66. The minimum absolute atomic E-state index is 0.0500. The molecule has 0 saturated carbocycles. The minimum atomic E-state index is -3.86. The van der Waals surface area contributed by atoms with Crippen molar-refractivity contribution in [1.82, 2.24) is 14.4 Å². The number of aromatic nitrogens is 2. The molecule has 0 aliphatic heterocycles. The zero-order chi connectivity index (χ0) is 21.7. The SMILES string of the molecule is C=CCN(Cc1nc(-c2ccc(Cl)cc2)no1)S(=O)(=O)c1ccc(NC(C)=O)cc1. The van der Waals surface area contributed by atoms with Gasteiger partial charge in [-0.25, -0.2) is 8.42 Å². The van der Waals surface area contributed by atoms with Gasteiger partial charge in [0.2, 0.25) is 27.6 Å². The molecule has 30 heavy (non-hydrogen) atoms. The summed E-state index contributed by atoms with van der Waals surface area (Å²) in [6.45, 7) is 4.93. The monoisotopic (exact) mass is 446 g/mol. The summed E-state index contributed by atoms with van der Waals surface area (Å²) in [6, 6.07) is 12.8. The van der Waals surface area contributed by atoms with Crippen LogP contribution in [-0.4, -0.2) is 35.3 Å². The Hall–Kier alpha value is -3.01. The van der Waals surface area contributed by atoms with Gasteiger partial charge in [0.1, 0.15) is 0 Å². The molecule has 1 N–H and O–H groups in total. The standard InChI is InChI=1S/C20H19ClN4O4S/c1-3-12-25(30(27,28)18-10-8-17(9-11-18)22-14(2)26)13-19-23-20(24-29-19)15-4-6-16(21)7-5-15/h3-11H,1,12-13H2,2H3,(H,22,26). The molecule has 1 heterocycles. The van der Waals surface area contributed by atoms with Gasteiger partial charge >= 0.3 is 0 Å². The molecular formula is C20H19ClN4O4S. The summed E-state index contributed by atoms with van der Waals surface area (Å²) < 4.78 is 32.5. The van der Waals surface area contributed by atoms with Crippen LogP contribution in [0.25, 0.3) is 11.4 Å². The predicted octanol–water partition coefficient (Wildman–Crippen LogP) is 3.73. The van der Waals surface area contributed by atoms with Crippen molar-refractivity contribution in [3.8, 4) is 11.4 Å². The van der Waals surface area contributed by atoms with Crippen molar-refractivity contribution < 1.29 is 17.7 Å². The highest BCUT2D eigenvalue weighted by atomic mass is 35.5. The van der Waals surface area contributed by atoms with Gasteiger partial charge in [-0.15, -0.1) is 6.58 Å². The third kappa shape index (κ3) is 5.12. The lowest BCUT2D eigenvalue weighted by molar-refractivity contribution is -0.114. The second-order valence-corrected chi connectivity index (χ2v) is 8.68. The Morgan fingerprint density at radius 1 is 1.20 bits per heavy atom. The van der Waals surface area contributed by atoms with Gasteiger partial charge in [-0.3, -0.25) is 4.79 Å². The van der Waals surface area contributed by atoms with Crippen LogP contribution in [0.15, 0.2) is 70.6 Å². The number of halogens is 1. The Bertz CT molecular complexity index is 1140. The number of sulfonamides is 1. The van der Waals surface area contributed by atoms with E-state index in [4.69, 9.17) is 16.1 Å². The summed E-state index contributed by atoms with van der Waals surface area (Å²) in [6.07, 6.45) is 1.47.